The highest BCUT2D eigenvalue weighted by molar-refractivity contribution is 5.77. The molecule has 2 bridgehead atoms. The minimum absolute atomic E-state index is 0.0613. The third kappa shape index (κ3) is 3.47. The number of amides is 1. The van der Waals surface area contributed by atoms with Gasteiger partial charge in [0.1, 0.15) is 0 Å². The van der Waals surface area contributed by atoms with Crippen LogP contribution in [0.4, 0.5) is 0 Å². The zero-order chi connectivity index (χ0) is 14.0. The maximum absolute atomic E-state index is 12.2. The van der Waals surface area contributed by atoms with Crippen LogP contribution in [-0.4, -0.2) is 40.0 Å². The minimum atomic E-state index is -0.721. The number of carbonyl (C=O) groups excluding carboxylic acids is 1. The van der Waals surface area contributed by atoms with Crippen LogP contribution in [0.1, 0.15) is 51.9 Å². The summed E-state index contributed by atoms with van der Waals surface area (Å²) in [5.41, 5.74) is 5.70. The van der Waals surface area contributed by atoms with Crippen molar-refractivity contribution in [1.29, 1.82) is 0 Å². The van der Waals surface area contributed by atoms with Crippen LogP contribution in [0.3, 0.4) is 0 Å². The summed E-state index contributed by atoms with van der Waals surface area (Å²) in [7, 11) is 0. The Balaban J connectivity index is 1.91. The molecule has 5 nitrogen and oxygen atoms in total. The SMILES string of the molecule is CC(N)CCC(=O)N1C2CCC1CC(CC(=O)O)C2. The molecule has 0 aromatic rings. The average molecular weight is 268 g/mol. The first-order valence-corrected chi connectivity index (χ1v) is 7.26. The summed E-state index contributed by atoms with van der Waals surface area (Å²) in [5, 5.41) is 8.88. The van der Waals surface area contributed by atoms with Crippen molar-refractivity contribution in [3.8, 4) is 0 Å². The van der Waals surface area contributed by atoms with E-state index in [0.717, 1.165) is 32.1 Å². The molecule has 0 aromatic heterocycles. The highest BCUT2D eigenvalue weighted by atomic mass is 16.4. The zero-order valence-electron chi connectivity index (χ0n) is 11.5. The Hall–Kier alpha value is -1.10. The number of carbonyl (C=O) groups is 2. The van der Waals surface area contributed by atoms with Crippen LogP contribution in [0.2, 0.25) is 0 Å². The molecule has 0 saturated carbocycles. The zero-order valence-corrected chi connectivity index (χ0v) is 11.5. The molecule has 3 N–H and O–H groups in total. The largest absolute Gasteiger partial charge is 0.481 e. The number of nitrogens with two attached hydrogens (primary N) is 1. The molecule has 0 radical (unpaired) electrons. The number of hydrogen-bond acceptors (Lipinski definition) is 3. The number of aliphatic carboxylic acids is 1. The monoisotopic (exact) mass is 268 g/mol. The van der Waals surface area contributed by atoms with E-state index in [9.17, 15) is 9.59 Å². The third-order valence-corrected chi connectivity index (χ3v) is 4.40. The Morgan fingerprint density at radius 1 is 1.32 bits per heavy atom. The molecule has 0 aliphatic carbocycles. The normalized spacial score (nSPS) is 31.3. The summed E-state index contributed by atoms with van der Waals surface area (Å²) < 4.78 is 0. The number of carboxylic acid groups (broad SMARTS) is 1. The van der Waals surface area contributed by atoms with Gasteiger partial charge in [-0.15, -0.1) is 0 Å². The van der Waals surface area contributed by atoms with Crippen LogP contribution < -0.4 is 5.73 Å². The maximum atomic E-state index is 12.2. The predicted molar refractivity (Wildman–Crippen MR) is 71.5 cm³/mol. The van der Waals surface area contributed by atoms with Gasteiger partial charge in [-0.05, 0) is 44.9 Å². The first kappa shape index (κ1) is 14.3. The van der Waals surface area contributed by atoms with E-state index in [-0.39, 0.29) is 36.4 Å². The Morgan fingerprint density at radius 3 is 2.37 bits per heavy atom. The van der Waals surface area contributed by atoms with Gasteiger partial charge in [0, 0.05) is 31.0 Å². The lowest BCUT2D eigenvalue weighted by Gasteiger charge is -2.38. The molecule has 2 heterocycles. The van der Waals surface area contributed by atoms with E-state index in [1.54, 1.807) is 0 Å². The van der Waals surface area contributed by atoms with E-state index in [1.165, 1.54) is 0 Å². The van der Waals surface area contributed by atoms with Gasteiger partial charge >= 0.3 is 5.97 Å². The second-order valence-corrected chi connectivity index (χ2v) is 6.14. The summed E-state index contributed by atoms with van der Waals surface area (Å²) in [5.74, 6) is -0.271. The minimum Gasteiger partial charge on any atom is -0.481 e. The molecule has 2 aliphatic rings. The Bertz CT molecular complexity index is 343. The third-order valence-electron chi connectivity index (χ3n) is 4.40. The van der Waals surface area contributed by atoms with Crippen molar-refractivity contribution in [1.82, 2.24) is 4.90 Å². The van der Waals surface area contributed by atoms with Gasteiger partial charge in [0.05, 0.1) is 0 Å². The van der Waals surface area contributed by atoms with Crippen molar-refractivity contribution in [2.45, 2.75) is 70.0 Å². The van der Waals surface area contributed by atoms with Gasteiger partial charge < -0.3 is 15.7 Å². The number of piperidine rings is 1. The summed E-state index contributed by atoms with van der Waals surface area (Å²) >= 11 is 0. The molecule has 19 heavy (non-hydrogen) atoms. The fourth-order valence-corrected chi connectivity index (χ4v) is 3.59. The molecule has 108 valence electrons. The highest BCUT2D eigenvalue weighted by Crippen LogP contribution is 2.40. The highest BCUT2D eigenvalue weighted by Gasteiger charge is 2.43. The number of fused-ring (bicyclic) bond motifs is 2. The van der Waals surface area contributed by atoms with Crippen LogP contribution in [0.15, 0.2) is 0 Å². The van der Waals surface area contributed by atoms with Gasteiger partial charge in [0.15, 0.2) is 0 Å². The van der Waals surface area contributed by atoms with Gasteiger partial charge in [-0.2, -0.15) is 0 Å². The molecule has 2 rings (SSSR count). The summed E-state index contributed by atoms with van der Waals surface area (Å²) in [6.45, 7) is 1.92. The van der Waals surface area contributed by atoms with Gasteiger partial charge in [-0.1, -0.05) is 0 Å². The molecule has 1 amide bonds. The van der Waals surface area contributed by atoms with E-state index in [0.29, 0.717) is 6.42 Å². The van der Waals surface area contributed by atoms with Crippen molar-refractivity contribution in [2.75, 3.05) is 0 Å². The number of carboxylic acids is 1. The molecule has 0 spiro atoms. The van der Waals surface area contributed by atoms with Crippen molar-refractivity contribution < 1.29 is 14.7 Å². The number of rotatable bonds is 5. The molecule has 5 heteroatoms. The summed E-state index contributed by atoms with van der Waals surface area (Å²) in [6, 6.07) is 0.596. The Morgan fingerprint density at radius 2 is 1.89 bits per heavy atom. The van der Waals surface area contributed by atoms with E-state index < -0.39 is 5.97 Å². The fraction of sp³-hybridized carbons (Fsp3) is 0.857. The van der Waals surface area contributed by atoms with Crippen LogP contribution in [-0.2, 0) is 9.59 Å². The standard InChI is InChI=1S/C14H24N2O3/c1-9(15)2-5-13(17)16-11-3-4-12(16)7-10(6-11)8-14(18)19/h9-12H,2-8,15H2,1H3,(H,18,19). The van der Waals surface area contributed by atoms with Crippen molar-refractivity contribution in [3.05, 3.63) is 0 Å². The molecule has 0 aromatic carbocycles. The summed E-state index contributed by atoms with van der Waals surface area (Å²) in [6.07, 6.45) is 5.27. The molecular weight excluding hydrogens is 244 g/mol. The van der Waals surface area contributed by atoms with Crippen molar-refractivity contribution in [2.24, 2.45) is 11.7 Å². The Labute approximate surface area is 114 Å². The molecule has 2 fully saturated rings. The van der Waals surface area contributed by atoms with E-state index >= 15 is 0 Å². The van der Waals surface area contributed by atoms with Crippen LogP contribution in [0.25, 0.3) is 0 Å². The molecule has 3 atom stereocenters. The van der Waals surface area contributed by atoms with Crippen LogP contribution in [0, 0.1) is 5.92 Å². The Kier molecular flexibility index (Phi) is 4.45. The van der Waals surface area contributed by atoms with Gasteiger partial charge in [-0.3, -0.25) is 9.59 Å². The van der Waals surface area contributed by atoms with Crippen molar-refractivity contribution in [3.63, 3.8) is 0 Å². The van der Waals surface area contributed by atoms with Gasteiger partial charge in [-0.25, -0.2) is 0 Å². The molecule has 2 aliphatic heterocycles. The fourth-order valence-electron chi connectivity index (χ4n) is 3.59. The number of hydrogen-bond donors (Lipinski definition) is 2. The average Bonchev–Trinajstić information content (AvgIpc) is 2.57. The smallest absolute Gasteiger partial charge is 0.303 e. The topological polar surface area (TPSA) is 83.6 Å². The lowest BCUT2D eigenvalue weighted by molar-refractivity contribution is -0.140. The molecular formula is C14H24N2O3. The van der Waals surface area contributed by atoms with Gasteiger partial charge in [0.2, 0.25) is 5.91 Å². The first-order chi connectivity index (χ1) is 8.97. The molecule has 2 saturated heterocycles. The van der Waals surface area contributed by atoms with E-state index in [2.05, 4.69) is 0 Å². The van der Waals surface area contributed by atoms with Gasteiger partial charge in [0.25, 0.3) is 0 Å². The first-order valence-electron chi connectivity index (χ1n) is 7.26. The second-order valence-electron chi connectivity index (χ2n) is 6.14. The van der Waals surface area contributed by atoms with E-state index in [1.807, 2.05) is 11.8 Å². The number of nitrogens with zero attached hydrogens (tertiary/aromatic N) is 1. The van der Waals surface area contributed by atoms with E-state index in [4.69, 9.17) is 10.8 Å². The predicted octanol–water partition coefficient (Wildman–Crippen LogP) is 1.36. The van der Waals surface area contributed by atoms with Crippen molar-refractivity contribution >= 4 is 11.9 Å². The lowest BCUT2D eigenvalue weighted by atomic mass is 9.88. The second kappa shape index (κ2) is 5.90. The molecule has 3 unspecified atom stereocenters. The summed E-state index contributed by atoms with van der Waals surface area (Å²) in [4.78, 5) is 25.1. The maximum Gasteiger partial charge on any atom is 0.303 e. The quantitative estimate of drug-likeness (QED) is 0.788. The van der Waals surface area contributed by atoms with Crippen LogP contribution in [0.5, 0.6) is 0 Å². The lowest BCUT2D eigenvalue weighted by Crippen LogP contribution is -2.47. The van der Waals surface area contributed by atoms with Crippen LogP contribution >= 0.6 is 0 Å².